The molecule has 3 rings (SSSR count). The molecule has 0 atom stereocenters. The first-order valence-corrected chi connectivity index (χ1v) is 10.3. The highest BCUT2D eigenvalue weighted by Gasteiger charge is 2.24. The van der Waals surface area contributed by atoms with E-state index in [0.717, 1.165) is 10.6 Å². The third-order valence-corrected chi connectivity index (χ3v) is 5.25. The van der Waals surface area contributed by atoms with Crippen LogP contribution in [0.1, 0.15) is 20.3 Å². The summed E-state index contributed by atoms with van der Waals surface area (Å²) in [5, 5.41) is 2.87. The number of fused-ring (bicyclic) bond motifs is 1. The van der Waals surface area contributed by atoms with Crippen molar-refractivity contribution in [2.45, 2.75) is 25.2 Å². The molecule has 0 saturated carbocycles. The van der Waals surface area contributed by atoms with Crippen molar-refractivity contribution in [3.63, 3.8) is 0 Å². The van der Waals surface area contributed by atoms with Crippen molar-refractivity contribution in [2.24, 2.45) is 0 Å². The molecule has 2 aromatic rings. The molecule has 6 nitrogen and oxygen atoms in total. The van der Waals surface area contributed by atoms with E-state index < -0.39 is 0 Å². The van der Waals surface area contributed by atoms with E-state index in [-0.39, 0.29) is 18.2 Å². The van der Waals surface area contributed by atoms with Gasteiger partial charge in [0.25, 0.3) is 0 Å². The van der Waals surface area contributed by atoms with Crippen molar-refractivity contribution < 1.29 is 19.1 Å². The second-order valence-electron chi connectivity index (χ2n) is 6.13. The second kappa shape index (κ2) is 9.50. The summed E-state index contributed by atoms with van der Waals surface area (Å²) in [4.78, 5) is 27.5. The summed E-state index contributed by atoms with van der Waals surface area (Å²) in [5.41, 5.74) is 1.51. The lowest BCUT2D eigenvalue weighted by Crippen LogP contribution is -2.37. The van der Waals surface area contributed by atoms with Crippen LogP contribution in [0.4, 0.5) is 11.4 Å². The Morgan fingerprint density at radius 3 is 2.64 bits per heavy atom. The van der Waals surface area contributed by atoms with E-state index in [9.17, 15) is 9.59 Å². The molecule has 0 radical (unpaired) electrons. The monoisotopic (exact) mass is 400 g/mol. The number of carbonyl (C=O) groups is 2. The van der Waals surface area contributed by atoms with Crippen molar-refractivity contribution in [3.8, 4) is 11.5 Å². The average molecular weight is 401 g/mol. The Labute approximate surface area is 169 Å². The van der Waals surface area contributed by atoms with E-state index in [1.807, 2.05) is 38.1 Å². The number of ether oxygens (including phenoxy) is 2. The van der Waals surface area contributed by atoms with Gasteiger partial charge in [0.05, 0.1) is 24.7 Å². The van der Waals surface area contributed by atoms with Gasteiger partial charge in [-0.2, -0.15) is 0 Å². The molecule has 0 unspecified atom stereocenters. The first-order valence-electron chi connectivity index (χ1n) is 9.34. The fourth-order valence-corrected chi connectivity index (χ4v) is 3.90. The third-order valence-electron chi connectivity index (χ3n) is 4.20. The van der Waals surface area contributed by atoms with E-state index in [4.69, 9.17) is 9.47 Å². The lowest BCUT2D eigenvalue weighted by atomic mass is 10.2. The van der Waals surface area contributed by atoms with Crippen molar-refractivity contribution in [1.82, 2.24) is 0 Å². The quantitative estimate of drug-likeness (QED) is 0.727. The van der Waals surface area contributed by atoms with Gasteiger partial charge in [-0.25, -0.2) is 0 Å². The summed E-state index contributed by atoms with van der Waals surface area (Å²) < 4.78 is 11.1. The first-order chi connectivity index (χ1) is 13.6. The van der Waals surface area contributed by atoms with Gasteiger partial charge < -0.3 is 19.7 Å². The molecule has 28 heavy (non-hydrogen) atoms. The molecule has 7 heteroatoms. The summed E-state index contributed by atoms with van der Waals surface area (Å²) in [7, 11) is 0. The molecule has 1 heterocycles. The topological polar surface area (TPSA) is 67.9 Å². The largest absolute Gasteiger partial charge is 0.490 e. The third kappa shape index (κ3) is 4.78. The molecule has 0 fully saturated rings. The van der Waals surface area contributed by atoms with Crippen LogP contribution in [0.3, 0.4) is 0 Å². The van der Waals surface area contributed by atoms with Crippen molar-refractivity contribution in [2.75, 3.05) is 35.7 Å². The van der Waals surface area contributed by atoms with Gasteiger partial charge in [0.1, 0.15) is 0 Å². The van der Waals surface area contributed by atoms with E-state index in [2.05, 4.69) is 5.32 Å². The standard InChI is InChI=1S/C21H24N2O4S/c1-3-26-17-10-9-15(13-18(17)27-4-2)22-20(24)11-12-23-16-7-5-6-8-19(16)28-14-21(23)25/h5-10,13H,3-4,11-12,14H2,1-2H3,(H,22,24). The summed E-state index contributed by atoms with van der Waals surface area (Å²) >= 11 is 1.53. The molecule has 0 saturated heterocycles. The second-order valence-corrected chi connectivity index (χ2v) is 7.14. The molecule has 2 aromatic carbocycles. The molecular weight excluding hydrogens is 376 g/mol. The van der Waals surface area contributed by atoms with Crippen LogP contribution in [0.5, 0.6) is 11.5 Å². The van der Waals surface area contributed by atoms with Crippen LogP contribution >= 0.6 is 11.8 Å². The number of nitrogens with one attached hydrogen (secondary N) is 1. The Balaban J connectivity index is 1.63. The molecule has 0 bridgehead atoms. The zero-order chi connectivity index (χ0) is 19.9. The Hall–Kier alpha value is -2.67. The number of amides is 2. The molecule has 0 aromatic heterocycles. The van der Waals surface area contributed by atoms with Crippen LogP contribution in [-0.4, -0.2) is 37.3 Å². The van der Waals surface area contributed by atoms with Gasteiger partial charge in [0, 0.05) is 29.6 Å². The maximum atomic E-state index is 12.4. The predicted octanol–water partition coefficient (Wildman–Crippen LogP) is 3.95. The Kier molecular flexibility index (Phi) is 6.81. The van der Waals surface area contributed by atoms with E-state index in [0.29, 0.717) is 42.7 Å². The molecule has 1 aliphatic heterocycles. The number of benzene rings is 2. The Morgan fingerprint density at radius 2 is 1.86 bits per heavy atom. The number of hydrogen-bond acceptors (Lipinski definition) is 5. The predicted molar refractivity (Wildman–Crippen MR) is 112 cm³/mol. The number of rotatable bonds is 8. The fraction of sp³-hybridized carbons (Fsp3) is 0.333. The number of anilines is 2. The SMILES string of the molecule is CCOc1ccc(NC(=O)CCN2C(=O)CSc3ccccc32)cc1OCC. The fourth-order valence-electron chi connectivity index (χ4n) is 2.96. The molecular formula is C21H24N2O4S. The normalized spacial score (nSPS) is 13.1. The van der Waals surface area contributed by atoms with Gasteiger partial charge in [-0.05, 0) is 38.1 Å². The van der Waals surface area contributed by atoms with Gasteiger partial charge in [-0.15, -0.1) is 11.8 Å². The lowest BCUT2D eigenvalue weighted by Gasteiger charge is -2.28. The van der Waals surface area contributed by atoms with Gasteiger partial charge in [0.2, 0.25) is 11.8 Å². The minimum Gasteiger partial charge on any atom is -0.490 e. The van der Waals surface area contributed by atoms with E-state index >= 15 is 0 Å². The van der Waals surface area contributed by atoms with Gasteiger partial charge in [0.15, 0.2) is 11.5 Å². The summed E-state index contributed by atoms with van der Waals surface area (Å²) in [6.07, 6.45) is 0.210. The highest BCUT2D eigenvalue weighted by Crippen LogP contribution is 2.35. The average Bonchev–Trinajstić information content (AvgIpc) is 2.69. The van der Waals surface area contributed by atoms with Crippen LogP contribution < -0.4 is 19.7 Å². The van der Waals surface area contributed by atoms with Crippen molar-refractivity contribution >= 4 is 35.0 Å². The number of hydrogen-bond donors (Lipinski definition) is 1. The number of carbonyl (C=O) groups excluding carboxylic acids is 2. The number of thioether (sulfide) groups is 1. The summed E-state index contributed by atoms with van der Waals surface area (Å²) in [6.45, 7) is 5.19. The molecule has 148 valence electrons. The van der Waals surface area contributed by atoms with Gasteiger partial charge in [-0.3, -0.25) is 9.59 Å². The van der Waals surface area contributed by atoms with Gasteiger partial charge >= 0.3 is 0 Å². The zero-order valence-corrected chi connectivity index (χ0v) is 16.9. The van der Waals surface area contributed by atoms with E-state index in [1.165, 1.54) is 11.8 Å². The van der Waals surface area contributed by atoms with Crippen LogP contribution in [0, 0.1) is 0 Å². The van der Waals surface area contributed by atoms with Crippen LogP contribution in [-0.2, 0) is 9.59 Å². The number of nitrogens with zero attached hydrogens (tertiary/aromatic N) is 1. The highest BCUT2D eigenvalue weighted by molar-refractivity contribution is 8.00. The maximum absolute atomic E-state index is 12.4. The van der Waals surface area contributed by atoms with Crippen LogP contribution in [0.25, 0.3) is 0 Å². The lowest BCUT2D eigenvalue weighted by molar-refractivity contribution is -0.117. The summed E-state index contributed by atoms with van der Waals surface area (Å²) in [6, 6.07) is 13.1. The molecule has 1 N–H and O–H groups in total. The molecule has 2 amide bonds. The van der Waals surface area contributed by atoms with Crippen LogP contribution in [0.15, 0.2) is 47.4 Å². The molecule has 0 spiro atoms. The highest BCUT2D eigenvalue weighted by atomic mass is 32.2. The Bertz CT molecular complexity index is 856. The van der Waals surface area contributed by atoms with Gasteiger partial charge in [-0.1, -0.05) is 12.1 Å². The smallest absolute Gasteiger partial charge is 0.237 e. The van der Waals surface area contributed by atoms with E-state index in [1.54, 1.807) is 23.1 Å². The summed E-state index contributed by atoms with van der Waals surface area (Å²) in [5.74, 6) is 1.51. The molecule has 1 aliphatic rings. The minimum absolute atomic E-state index is 0.0243. The Morgan fingerprint density at radius 1 is 1.11 bits per heavy atom. The maximum Gasteiger partial charge on any atom is 0.237 e. The molecule has 0 aliphatic carbocycles. The van der Waals surface area contributed by atoms with Crippen molar-refractivity contribution in [1.29, 1.82) is 0 Å². The van der Waals surface area contributed by atoms with Crippen molar-refractivity contribution in [3.05, 3.63) is 42.5 Å². The minimum atomic E-state index is -0.157. The number of para-hydroxylation sites is 1. The zero-order valence-electron chi connectivity index (χ0n) is 16.1. The van der Waals surface area contributed by atoms with Crippen LogP contribution in [0.2, 0.25) is 0 Å². The first kappa shape index (κ1) is 20.1.